The van der Waals surface area contributed by atoms with Gasteiger partial charge in [-0.1, -0.05) is 31.2 Å². The number of aromatic nitrogens is 1. The largest absolute Gasteiger partial charge is 0.502 e. The van der Waals surface area contributed by atoms with Gasteiger partial charge in [0, 0.05) is 37.7 Å². The van der Waals surface area contributed by atoms with E-state index in [1.54, 1.807) is 24.3 Å². The highest BCUT2D eigenvalue weighted by atomic mass is 32.2. The number of halogens is 2. The standard InChI is InChI=1S/C26H23F2N3O3S/c1-14-6-9-21-29(12-14)26(34)24-25(33)19(32)10-11-30(24)31(21)23-15-7-8-18(27)22(28)17(15)13-35-20-5-3-2-4-16(20)23/h2-5,7-8,10-11,14,21,23,33H,6,9,12-13H2,1H3/t14-,21-,23-/m1/s1/i13D2,23D. The Hall–Kier alpha value is -3.33. The lowest BCUT2D eigenvalue weighted by atomic mass is 9.90. The van der Waals surface area contributed by atoms with Crippen LogP contribution in [0.4, 0.5) is 8.78 Å². The van der Waals surface area contributed by atoms with Crippen LogP contribution in [0.15, 0.2) is 58.4 Å². The third-order valence-electron chi connectivity index (χ3n) is 6.80. The van der Waals surface area contributed by atoms with E-state index >= 15 is 4.39 Å². The van der Waals surface area contributed by atoms with Gasteiger partial charge in [0.25, 0.3) is 5.91 Å². The van der Waals surface area contributed by atoms with Crippen molar-refractivity contribution in [2.24, 2.45) is 5.92 Å². The lowest BCUT2D eigenvalue weighted by Crippen LogP contribution is -2.64. The summed E-state index contributed by atoms with van der Waals surface area (Å²) in [5.74, 6) is -3.89. The number of carbonyl (C=O) groups excluding carboxylic acids is 1. The summed E-state index contributed by atoms with van der Waals surface area (Å²) >= 11 is 0.675. The Morgan fingerprint density at radius 2 is 1.91 bits per heavy atom. The molecule has 35 heavy (non-hydrogen) atoms. The number of fused-ring (bicyclic) bond motifs is 4. The maximum atomic E-state index is 15.5. The van der Waals surface area contributed by atoms with Crippen molar-refractivity contribution in [1.82, 2.24) is 9.58 Å². The van der Waals surface area contributed by atoms with Crippen LogP contribution in [0.25, 0.3) is 0 Å². The molecule has 3 aromatic rings. The molecule has 4 heterocycles. The second kappa shape index (κ2) is 8.12. The fourth-order valence-electron chi connectivity index (χ4n) is 5.14. The monoisotopic (exact) mass is 498 g/mol. The molecule has 6 rings (SSSR count). The van der Waals surface area contributed by atoms with Gasteiger partial charge < -0.3 is 10.0 Å². The van der Waals surface area contributed by atoms with Gasteiger partial charge in [0.2, 0.25) is 5.43 Å². The number of amides is 1. The van der Waals surface area contributed by atoms with E-state index in [0.717, 1.165) is 12.1 Å². The molecule has 3 aliphatic rings. The summed E-state index contributed by atoms with van der Waals surface area (Å²) in [6, 6.07) is 7.62. The molecule has 2 aromatic carbocycles. The molecule has 180 valence electrons. The summed E-state index contributed by atoms with van der Waals surface area (Å²) in [6.07, 6.45) is 1.65. The Balaban J connectivity index is 1.75. The number of hydrogen-bond donors (Lipinski definition) is 1. The summed E-state index contributed by atoms with van der Waals surface area (Å²) in [7, 11) is 0. The Labute approximate surface area is 209 Å². The van der Waals surface area contributed by atoms with Crippen LogP contribution in [0.3, 0.4) is 0 Å². The molecule has 1 amide bonds. The number of nitrogens with zero attached hydrogens (tertiary/aromatic N) is 3. The minimum atomic E-state index is -2.44. The molecule has 0 unspecified atom stereocenters. The molecule has 1 aromatic heterocycles. The lowest BCUT2D eigenvalue weighted by Gasteiger charge is -2.52. The van der Waals surface area contributed by atoms with Crippen LogP contribution < -0.4 is 10.4 Å². The van der Waals surface area contributed by atoms with Crippen molar-refractivity contribution < 1.29 is 22.8 Å². The van der Waals surface area contributed by atoms with Crippen LogP contribution in [0.5, 0.6) is 5.75 Å². The SMILES string of the molecule is [2H]C1([2H])Sc2ccccc2[C@]([2H])(N2[C@@H]3CC[C@@H](C)CN3C(=O)c3c(O)c(=O)ccn32)c2ccc(F)c(F)c21. The van der Waals surface area contributed by atoms with Crippen molar-refractivity contribution in [1.29, 1.82) is 0 Å². The van der Waals surface area contributed by atoms with Gasteiger partial charge in [0.05, 0.1) is 7.39 Å². The first-order valence-corrected chi connectivity index (χ1v) is 12.1. The van der Waals surface area contributed by atoms with Crippen LogP contribution in [0.2, 0.25) is 0 Å². The fourth-order valence-corrected chi connectivity index (χ4v) is 5.97. The van der Waals surface area contributed by atoms with Crippen LogP contribution in [0, 0.1) is 17.6 Å². The van der Waals surface area contributed by atoms with Gasteiger partial charge in [0.1, 0.15) is 6.17 Å². The molecule has 0 bridgehead atoms. The Kier molecular flexibility index (Phi) is 4.39. The maximum absolute atomic E-state index is 15.5. The first-order chi connectivity index (χ1) is 18.0. The number of piperidine rings is 1. The predicted octanol–water partition coefficient (Wildman–Crippen LogP) is 4.38. The zero-order valence-corrected chi connectivity index (χ0v) is 19.5. The highest BCUT2D eigenvalue weighted by molar-refractivity contribution is 7.98. The third kappa shape index (κ3) is 3.28. The fraction of sp³-hybridized carbons (Fsp3) is 0.308. The Morgan fingerprint density at radius 1 is 1.11 bits per heavy atom. The van der Waals surface area contributed by atoms with Gasteiger partial charge in [-0.25, -0.2) is 8.78 Å². The van der Waals surface area contributed by atoms with Crippen LogP contribution in [-0.4, -0.2) is 33.3 Å². The van der Waals surface area contributed by atoms with Gasteiger partial charge in [-0.3, -0.25) is 19.3 Å². The molecule has 1 fully saturated rings. The van der Waals surface area contributed by atoms with Crippen molar-refractivity contribution in [2.75, 3.05) is 11.6 Å². The maximum Gasteiger partial charge on any atom is 0.278 e. The number of pyridine rings is 1. The van der Waals surface area contributed by atoms with E-state index in [-0.39, 0.29) is 22.7 Å². The van der Waals surface area contributed by atoms with Gasteiger partial charge >= 0.3 is 0 Å². The Bertz CT molecular complexity index is 1570. The second-order valence-electron chi connectivity index (χ2n) is 9.02. The molecule has 9 heteroatoms. The minimum absolute atomic E-state index is 0.104. The molecule has 0 spiro atoms. The number of carbonyl (C=O) groups is 1. The number of hydrogen-bond acceptors (Lipinski definition) is 5. The second-order valence-corrected chi connectivity index (χ2v) is 9.87. The number of aromatic hydroxyl groups is 1. The molecule has 6 nitrogen and oxygen atoms in total. The lowest BCUT2D eigenvalue weighted by molar-refractivity contribution is 0.0381. The van der Waals surface area contributed by atoms with Crippen molar-refractivity contribution in [3.05, 3.63) is 92.9 Å². The third-order valence-corrected chi connectivity index (χ3v) is 7.68. The van der Waals surface area contributed by atoms with Crippen molar-refractivity contribution in [3.63, 3.8) is 0 Å². The van der Waals surface area contributed by atoms with Crippen LogP contribution in [-0.2, 0) is 5.70 Å². The van der Waals surface area contributed by atoms with E-state index in [0.29, 0.717) is 36.0 Å². The normalized spacial score (nSPS) is 28.0. The summed E-state index contributed by atoms with van der Waals surface area (Å²) < 4.78 is 58.8. The molecule has 0 saturated carbocycles. The van der Waals surface area contributed by atoms with Crippen molar-refractivity contribution in [3.8, 4) is 5.75 Å². The molecular weight excluding hydrogens is 472 g/mol. The minimum Gasteiger partial charge on any atom is -0.502 e. The molecule has 1 saturated heterocycles. The molecular formula is C26H23F2N3O3S. The van der Waals surface area contributed by atoms with Crippen LogP contribution >= 0.6 is 11.8 Å². The van der Waals surface area contributed by atoms with Crippen molar-refractivity contribution in [2.45, 2.75) is 42.5 Å². The van der Waals surface area contributed by atoms with Gasteiger partial charge in [-0.2, -0.15) is 0 Å². The van der Waals surface area contributed by atoms with E-state index < -0.39 is 52.2 Å². The smallest absolute Gasteiger partial charge is 0.278 e. The van der Waals surface area contributed by atoms with Crippen molar-refractivity contribution >= 4 is 17.7 Å². The average molecular weight is 499 g/mol. The summed E-state index contributed by atoms with van der Waals surface area (Å²) in [4.78, 5) is 27.8. The first-order valence-electron chi connectivity index (χ1n) is 12.8. The zero-order valence-electron chi connectivity index (χ0n) is 21.7. The summed E-state index contributed by atoms with van der Waals surface area (Å²) in [5.41, 5.74) is -4.01. The van der Waals surface area contributed by atoms with Gasteiger partial charge in [-0.05, 0) is 42.0 Å². The van der Waals surface area contributed by atoms with E-state index in [1.165, 1.54) is 26.8 Å². The topological polar surface area (TPSA) is 65.8 Å². The molecule has 3 atom stereocenters. The highest BCUT2D eigenvalue weighted by Gasteiger charge is 2.46. The van der Waals surface area contributed by atoms with E-state index in [9.17, 15) is 20.5 Å². The first kappa shape index (κ1) is 18.9. The summed E-state index contributed by atoms with van der Waals surface area (Å²) in [5, 5.41) is 12.2. The van der Waals surface area contributed by atoms with E-state index in [2.05, 4.69) is 0 Å². The van der Waals surface area contributed by atoms with Crippen LogP contribution in [0.1, 0.15) is 57.1 Å². The summed E-state index contributed by atoms with van der Waals surface area (Å²) in [6.45, 7) is 2.26. The molecule has 0 aliphatic carbocycles. The van der Waals surface area contributed by atoms with Gasteiger partial charge in [0.15, 0.2) is 23.1 Å². The van der Waals surface area contributed by atoms with E-state index in [4.69, 9.17) is 2.74 Å². The highest BCUT2D eigenvalue weighted by Crippen LogP contribution is 2.46. The van der Waals surface area contributed by atoms with E-state index in [1.807, 2.05) is 6.92 Å². The quantitative estimate of drug-likeness (QED) is 0.540. The Morgan fingerprint density at radius 3 is 2.74 bits per heavy atom. The number of benzene rings is 2. The number of thioether (sulfide) groups is 1. The zero-order chi connectivity index (χ0) is 27.1. The number of rotatable bonds is 1. The predicted molar refractivity (Wildman–Crippen MR) is 128 cm³/mol. The molecule has 1 N–H and O–H groups in total. The molecule has 3 aliphatic heterocycles. The average Bonchev–Trinajstić information content (AvgIpc) is 2.95. The van der Waals surface area contributed by atoms with Gasteiger partial charge in [-0.15, -0.1) is 11.8 Å². The molecule has 0 radical (unpaired) electrons.